The van der Waals surface area contributed by atoms with E-state index in [1.165, 1.54) is 18.4 Å². The molecule has 0 heterocycles. The van der Waals surface area contributed by atoms with Gasteiger partial charge in [0.2, 0.25) is 0 Å². The van der Waals surface area contributed by atoms with Gasteiger partial charge in [0, 0.05) is 17.9 Å². The van der Waals surface area contributed by atoms with Crippen molar-refractivity contribution in [2.75, 3.05) is 7.11 Å². The number of hydrogen-bond donors (Lipinski definition) is 0. The van der Waals surface area contributed by atoms with E-state index in [0.29, 0.717) is 12.2 Å². The van der Waals surface area contributed by atoms with Gasteiger partial charge in [0.15, 0.2) is 0 Å². The van der Waals surface area contributed by atoms with Crippen molar-refractivity contribution >= 4 is 22.4 Å². The molecule has 0 bridgehead atoms. The van der Waals surface area contributed by atoms with E-state index in [1.54, 1.807) is 7.11 Å². The Balaban J connectivity index is 1.97. The van der Waals surface area contributed by atoms with Crippen LogP contribution in [0.5, 0.6) is 5.75 Å². The van der Waals surface area contributed by atoms with E-state index in [4.69, 9.17) is 16.3 Å². The van der Waals surface area contributed by atoms with E-state index in [9.17, 15) is 4.79 Å². The molecule has 0 radical (unpaired) electrons. The van der Waals surface area contributed by atoms with E-state index in [-0.39, 0.29) is 5.41 Å². The maximum atomic E-state index is 11.8. The molecule has 2 nitrogen and oxygen atoms in total. The van der Waals surface area contributed by atoms with Gasteiger partial charge >= 0.3 is 0 Å². The van der Waals surface area contributed by atoms with Crippen molar-refractivity contribution in [3.05, 3.63) is 35.4 Å². The fourth-order valence-electron chi connectivity index (χ4n) is 4.10. The van der Waals surface area contributed by atoms with Crippen LogP contribution >= 0.6 is 11.6 Å². The number of hydrogen-bond acceptors (Lipinski definition) is 2. The van der Waals surface area contributed by atoms with Gasteiger partial charge in [-0.2, -0.15) is 0 Å². The second-order valence-electron chi connectivity index (χ2n) is 6.55. The summed E-state index contributed by atoms with van der Waals surface area (Å²) in [6.07, 6.45) is 7.96. The number of allylic oxidation sites excluding steroid dienone is 1. The van der Waals surface area contributed by atoms with Gasteiger partial charge in [0.25, 0.3) is 0 Å². The number of halogens is 1. The molecule has 0 aliphatic heterocycles. The fraction of sp³-hybridized carbons (Fsp3) is 0.526. The van der Waals surface area contributed by atoms with Crippen LogP contribution < -0.4 is 4.74 Å². The smallest absolute Gasteiger partial charge is 0.132 e. The minimum Gasteiger partial charge on any atom is -0.497 e. The van der Waals surface area contributed by atoms with E-state index >= 15 is 0 Å². The zero-order valence-electron chi connectivity index (χ0n) is 13.2. The summed E-state index contributed by atoms with van der Waals surface area (Å²) in [5, 5.41) is 0.880. The second-order valence-corrected chi connectivity index (χ2v) is 6.93. The summed E-state index contributed by atoms with van der Waals surface area (Å²) in [6, 6.07) is 7.97. The highest BCUT2D eigenvalue weighted by molar-refractivity contribution is 6.49. The zero-order chi connectivity index (χ0) is 15.6. The molecular formula is C19H23ClO2. The standard InChI is InChI=1S/C19H23ClO2/c1-22-16-7-2-5-14(13-16)18(20)17-8-4-11-19(17)10-3-6-15(21)9-12-19/h2,5,7,13H,3-4,6,8-12H2,1H3/b18-17+/t19-/m0/s1. The third kappa shape index (κ3) is 2.94. The van der Waals surface area contributed by atoms with Gasteiger partial charge in [0.05, 0.1) is 7.11 Å². The molecule has 2 saturated carbocycles. The van der Waals surface area contributed by atoms with Crippen LogP contribution in [0, 0.1) is 5.41 Å². The van der Waals surface area contributed by atoms with Crippen LogP contribution in [0.15, 0.2) is 29.8 Å². The van der Waals surface area contributed by atoms with Crippen molar-refractivity contribution in [1.29, 1.82) is 0 Å². The Kier molecular flexibility index (Phi) is 4.58. The summed E-state index contributed by atoms with van der Waals surface area (Å²) in [5.41, 5.74) is 2.57. The molecule has 0 N–H and O–H groups in total. The van der Waals surface area contributed by atoms with Crippen molar-refractivity contribution in [3.8, 4) is 5.75 Å². The van der Waals surface area contributed by atoms with Crippen molar-refractivity contribution in [1.82, 2.24) is 0 Å². The molecule has 0 unspecified atom stereocenters. The number of methoxy groups -OCH3 is 1. The SMILES string of the molecule is COc1cccc(/C(Cl)=C2/CCC[C@]23CCCC(=O)CC3)c1. The van der Waals surface area contributed by atoms with Crippen molar-refractivity contribution in [2.45, 2.75) is 51.4 Å². The molecule has 2 aliphatic carbocycles. The average molecular weight is 319 g/mol. The third-order valence-corrected chi connectivity index (χ3v) is 5.75. The molecule has 2 fully saturated rings. The van der Waals surface area contributed by atoms with Crippen LogP contribution in [-0.4, -0.2) is 12.9 Å². The first-order chi connectivity index (χ1) is 10.6. The normalized spacial score (nSPS) is 27.8. The van der Waals surface area contributed by atoms with E-state index in [2.05, 4.69) is 0 Å². The largest absolute Gasteiger partial charge is 0.497 e. The van der Waals surface area contributed by atoms with E-state index in [1.807, 2.05) is 24.3 Å². The van der Waals surface area contributed by atoms with Crippen LogP contribution in [0.4, 0.5) is 0 Å². The first kappa shape index (κ1) is 15.6. The van der Waals surface area contributed by atoms with Gasteiger partial charge in [-0.05, 0) is 67.2 Å². The molecule has 22 heavy (non-hydrogen) atoms. The number of benzene rings is 1. The van der Waals surface area contributed by atoms with Gasteiger partial charge in [-0.3, -0.25) is 4.79 Å². The Hall–Kier alpha value is -1.28. The fourth-order valence-corrected chi connectivity index (χ4v) is 4.51. The summed E-state index contributed by atoms with van der Waals surface area (Å²) in [7, 11) is 1.67. The van der Waals surface area contributed by atoms with Crippen LogP contribution in [0.25, 0.3) is 5.03 Å². The average Bonchev–Trinajstić information content (AvgIpc) is 2.86. The summed E-state index contributed by atoms with van der Waals surface area (Å²) in [4.78, 5) is 11.8. The summed E-state index contributed by atoms with van der Waals surface area (Å²) in [5.74, 6) is 1.25. The zero-order valence-corrected chi connectivity index (χ0v) is 13.9. The van der Waals surface area contributed by atoms with E-state index in [0.717, 1.165) is 48.4 Å². The number of carbonyl (C=O) groups excluding carboxylic acids is 1. The Morgan fingerprint density at radius 1 is 1.14 bits per heavy atom. The van der Waals surface area contributed by atoms with Crippen molar-refractivity contribution < 1.29 is 9.53 Å². The molecule has 1 atom stereocenters. The Bertz CT molecular complexity index is 605. The lowest BCUT2D eigenvalue weighted by Crippen LogP contribution is -2.18. The lowest BCUT2D eigenvalue weighted by molar-refractivity contribution is -0.119. The van der Waals surface area contributed by atoms with E-state index < -0.39 is 0 Å². The highest BCUT2D eigenvalue weighted by atomic mass is 35.5. The minimum absolute atomic E-state index is 0.159. The van der Waals surface area contributed by atoms with Crippen LogP contribution in [0.2, 0.25) is 0 Å². The Labute approximate surface area is 137 Å². The summed E-state index contributed by atoms with van der Waals surface area (Å²) in [6.45, 7) is 0. The molecular weight excluding hydrogens is 296 g/mol. The third-order valence-electron chi connectivity index (χ3n) is 5.30. The number of carbonyl (C=O) groups is 1. The Morgan fingerprint density at radius 3 is 2.68 bits per heavy atom. The molecule has 3 rings (SSSR count). The number of rotatable bonds is 2. The topological polar surface area (TPSA) is 26.3 Å². The molecule has 2 aliphatic rings. The number of ketones is 1. The molecule has 1 aromatic rings. The number of Topliss-reactive ketones (excluding diaryl/α,β-unsaturated/α-hetero) is 1. The monoisotopic (exact) mass is 318 g/mol. The lowest BCUT2D eigenvalue weighted by atomic mass is 9.75. The van der Waals surface area contributed by atoms with Crippen LogP contribution in [0.1, 0.15) is 56.9 Å². The molecule has 0 aromatic heterocycles. The summed E-state index contributed by atoms with van der Waals surface area (Å²) >= 11 is 6.79. The van der Waals surface area contributed by atoms with Crippen LogP contribution in [0.3, 0.4) is 0 Å². The minimum atomic E-state index is 0.159. The molecule has 1 aromatic carbocycles. The summed E-state index contributed by atoms with van der Waals surface area (Å²) < 4.78 is 5.31. The quantitative estimate of drug-likeness (QED) is 0.735. The molecule has 1 spiro atoms. The second kappa shape index (κ2) is 6.45. The van der Waals surface area contributed by atoms with Gasteiger partial charge in [0.1, 0.15) is 11.5 Å². The number of ether oxygens (including phenoxy) is 1. The van der Waals surface area contributed by atoms with Crippen molar-refractivity contribution in [2.24, 2.45) is 5.41 Å². The highest BCUT2D eigenvalue weighted by Gasteiger charge is 2.41. The maximum absolute atomic E-state index is 11.8. The Morgan fingerprint density at radius 2 is 1.91 bits per heavy atom. The van der Waals surface area contributed by atoms with Gasteiger partial charge in [-0.25, -0.2) is 0 Å². The lowest BCUT2D eigenvalue weighted by Gasteiger charge is -2.30. The molecule has 0 amide bonds. The first-order valence-electron chi connectivity index (χ1n) is 8.20. The van der Waals surface area contributed by atoms with Gasteiger partial charge < -0.3 is 4.74 Å². The predicted octanol–water partition coefficient (Wildman–Crippen LogP) is 5.35. The molecule has 3 heteroatoms. The van der Waals surface area contributed by atoms with Gasteiger partial charge in [-0.15, -0.1) is 0 Å². The highest BCUT2D eigenvalue weighted by Crippen LogP contribution is 2.54. The van der Waals surface area contributed by atoms with Crippen LogP contribution in [-0.2, 0) is 4.79 Å². The predicted molar refractivity (Wildman–Crippen MR) is 90.1 cm³/mol. The maximum Gasteiger partial charge on any atom is 0.132 e. The molecule has 118 valence electrons. The van der Waals surface area contributed by atoms with Crippen molar-refractivity contribution in [3.63, 3.8) is 0 Å². The molecule has 0 saturated heterocycles. The van der Waals surface area contributed by atoms with Gasteiger partial charge in [-0.1, -0.05) is 23.7 Å². The first-order valence-corrected chi connectivity index (χ1v) is 8.58.